The van der Waals surface area contributed by atoms with Crippen molar-refractivity contribution >= 4 is 23.0 Å². The molecule has 5 rings (SSSR count). The zero-order valence-electron chi connectivity index (χ0n) is 18.8. The van der Waals surface area contributed by atoms with Crippen LogP contribution in [0.3, 0.4) is 0 Å². The fourth-order valence-corrected chi connectivity index (χ4v) is 3.83. The minimum atomic E-state index is -0.372. The number of hydrogen-bond donors (Lipinski definition) is 1. The van der Waals surface area contributed by atoms with Gasteiger partial charge in [-0.05, 0) is 40.3 Å². The maximum absolute atomic E-state index is 13.2. The third kappa shape index (κ3) is 4.30. The molecular formula is C27H25N3O3. The lowest BCUT2D eigenvalue weighted by Crippen LogP contribution is -2.13. The van der Waals surface area contributed by atoms with Crippen molar-refractivity contribution in [3.8, 4) is 11.1 Å². The third-order valence-electron chi connectivity index (χ3n) is 5.82. The molecule has 1 atom stereocenters. The van der Waals surface area contributed by atoms with Gasteiger partial charge in [0.15, 0.2) is 0 Å². The number of carbonyl (C=O) groups is 2. The monoisotopic (exact) mass is 439 g/mol. The molecule has 2 aromatic carbocycles. The summed E-state index contributed by atoms with van der Waals surface area (Å²) in [6.45, 7) is 6.99. The third-order valence-corrected chi connectivity index (χ3v) is 5.82. The van der Waals surface area contributed by atoms with Crippen LogP contribution in [0.4, 0.5) is 5.69 Å². The molecule has 1 aliphatic heterocycles. The highest BCUT2D eigenvalue weighted by molar-refractivity contribution is 6.08. The number of ketones is 1. The molecule has 0 radical (unpaired) electrons. The molecule has 1 unspecified atom stereocenters. The number of anilines is 1. The number of Topliss-reactive ketones (excluding diaryl/α,β-unsaturated/α-hetero) is 1. The van der Waals surface area contributed by atoms with E-state index in [1.165, 1.54) is 5.56 Å². The number of epoxide rings is 1. The molecule has 0 aliphatic carbocycles. The van der Waals surface area contributed by atoms with E-state index >= 15 is 0 Å². The van der Waals surface area contributed by atoms with E-state index in [9.17, 15) is 9.59 Å². The van der Waals surface area contributed by atoms with Crippen LogP contribution in [-0.4, -0.2) is 33.8 Å². The van der Waals surface area contributed by atoms with Crippen molar-refractivity contribution in [1.82, 2.24) is 9.38 Å². The van der Waals surface area contributed by atoms with E-state index in [-0.39, 0.29) is 23.2 Å². The summed E-state index contributed by atoms with van der Waals surface area (Å²) in [7, 11) is 0. The van der Waals surface area contributed by atoms with E-state index in [1.54, 1.807) is 28.9 Å². The number of carbonyl (C=O) groups excluding carboxylic acids is 2. The first-order chi connectivity index (χ1) is 15.8. The van der Waals surface area contributed by atoms with Crippen molar-refractivity contribution in [3.63, 3.8) is 0 Å². The number of hydrogen-bond acceptors (Lipinski definition) is 4. The molecule has 0 bridgehead atoms. The summed E-state index contributed by atoms with van der Waals surface area (Å²) in [5.74, 6) is -0.316. The number of ether oxygens (including phenoxy) is 1. The second-order valence-corrected chi connectivity index (χ2v) is 9.32. The van der Waals surface area contributed by atoms with Crippen molar-refractivity contribution in [3.05, 3.63) is 89.9 Å². The van der Waals surface area contributed by atoms with Gasteiger partial charge in [-0.25, -0.2) is 4.98 Å². The van der Waals surface area contributed by atoms with Gasteiger partial charge >= 0.3 is 0 Å². The van der Waals surface area contributed by atoms with Gasteiger partial charge in [0.2, 0.25) is 5.78 Å². The van der Waals surface area contributed by atoms with Gasteiger partial charge in [-0.2, -0.15) is 0 Å². The molecule has 166 valence electrons. The lowest BCUT2D eigenvalue weighted by Gasteiger charge is -2.19. The molecule has 2 aromatic heterocycles. The van der Waals surface area contributed by atoms with Gasteiger partial charge in [-0.15, -0.1) is 0 Å². The zero-order valence-corrected chi connectivity index (χ0v) is 18.8. The first kappa shape index (κ1) is 21.1. The summed E-state index contributed by atoms with van der Waals surface area (Å²) in [5.41, 5.74) is 5.38. The Morgan fingerprint density at radius 1 is 1.00 bits per heavy atom. The van der Waals surface area contributed by atoms with E-state index in [0.29, 0.717) is 29.2 Å². The van der Waals surface area contributed by atoms with Gasteiger partial charge in [-0.1, -0.05) is 63.2 Å². The predicted octanol–water partition coefficient (Wildman–Crippen LogP) is 5.13. The van der Waals surface area contributed by atoms with Crippen molar-refractivity contribution in [1.29, 1.82) is 0 Å². The second kappa shape index (κ2) is 7.98. The molecule has 6 nitrogen and oxygen atoms in total. The Morgan fingerprint density at radius 2 is 1.73 bits per heavy atom. The molecule has 1 amide bonds. The number of fused-ring (bicyclic) bond motifs is 1. The Morgan fingerprint density at radius 3 is 2.42 bits per heavy atom. The number of nitrogens with one attached hydrogen (secondary N) is 1. The fraction of sp³-hybridized carbons (Fsp3) is 0.222. The molecule has 1 saturated heterocycles. The summed E-state index contributed by atoms with van der Waals surface area (Å²) < 4.78 is 6.80. The van der Waals surface area contributed by atoms with Crippen molar-refractivity contribution in [2.24, 2.45) is 0 Å². The molecule has 1 N–H and O–H groups in total. The second-order valence-electron chi connectivity index (χ2n) is 9.32. The Balaban J connectivity index is 1.40. The first-order valence-electron chi connectivity index (χ1n) is 11.0. The standard InChI is InChI=1S/C27H25N3O3/c1-27(2,3)18-10-8-17(9-11-18)20-6-4-5-7-21(20)26(32)28-19-12-13-24-29-22(15-30(24)14-19)25(31)23-16-33-23/h4-15,23H,16H2,1-3H3,(H,28,32). The number of benzene rings is 2. The number of amides is 1. The molecule has 0 spiro atoms. The first-order valence-corrected chi connectivity index (χ1v) is 11.0. The van der Waals surface area contributed by atoms with Gasteiger partial charge in [-0.3, -0.25) is 9.59 Å². The van der Waals surface area contributed by atoms with Crippen LogP contribution in [0.15, 0.2) is 73.1 Å². The van der Waals surface area contributed by atoms with Crippen molar-refractivity contribution in [2.45, 2.75) is 32.3 Å². The number of aromatic nitrogens is 2. The van der Waals surface area contributed by atoms with Crippen molar-refractivity contribution in [2.75, 3.05) is 11.9 Å². The predicted molar refractivity (Wildman–Crippen MR) is 128 cm³/mol. The number of imidazole rings is 1. The summed E-state index contributed by atoms with van der Waals surface area (Å²) in [6.07, 6.45) is 3.05. The maximum atomic E-state index is 13.2. The van der Waals surface area contributed by atoms with Crippen LogP contribution in [0.5, 0.6) is 0 Å². The lowest BCUT2D eigenvalue weighted by molar-refractivity contribution is 0.0948. The zero-order chi connectivity index (χ0) is 23.2. The lowest BCUT2D eigenvalue weighted by atomic mass is 9.86. The largest absolute Gasteiger partial charge is 0.364 e. The Hall–Kier alpha value is -3.77. The van der Waals surface area contributed by atoms with Gasteiger partial charge in [0.1, 0.15) is 17.4 Å². The number of pyridine rings is 1. The van der Waals surface area contributed by atoms with Gasteiger partial charge < -0.3 is 14.5 Å². The van der Waals surface area contributed by atoms with Crippen molar-refractivity contribution < 1.29 is 14.3 Å². The van der Waals surface area contributed by atoms with E-state index in [4.69, 9.17) is 4.74 Å². The average Bonchev–Trinajstić information content (AvgIpc) is 3.57. The number of rotatable bonds is 5. The Kier molecular flexibility index (Phi) is 5.10. The van der Waals surface area contributed by atoms with Crippen LogP contribution >= 0.6 is 0 Å². The smallest absolute Gasteiger partial charge is 0.256 e. The summed E-state index contributed by atoms with van der Waals surface area (Å²) in [6, 6.07) is 19.5. The van der Waals surface area contributed by atoms with Crippen LogP contribution in [0, 0.1) is 0 Å². The Labute approximate surface area is 192 Å². The molecule has 33 heavy (non-hydrogen) atoms. The topological polar surface area (TPSA) is 76.0 Å². The van der Waals surface area contributed by atoms with Gasteiger partial charge in [0.05, 0.1) is 12.3 Å². The normalized spacial score (nSPS) is 15.4. The molecular weight excluding hydrogens is 414 g/mol. The minimum absolute atomic E-state index is 0.0670. The highest BCUT2D eigenvalue weighted by Gasteiger charge is 2.33. The molecule has 1 fully saturated rings. The molecule has 4 aromatic rings. The summed E-state index contributed by atoms with van der Waals surface area (Å²) >= 11 is 0. The van der Waals surface area contributed by atoms with E-state index < -0.39 is 0 Å². The minimum Gasteiger partial charge on any atom is -0.364 e. The molecule has 3 heterocycles. The maximum Gasteiger partial charge on any atom is 0.256 e. The van der Waals surface area contributed by atoms with E-state index in [2.05, 4.69) is 55.3 Å². The highest BCUT2D eigenvalue weighted by Crippen LogP contribution is 2.28. The summed E-state index contributed by atoms with van der Waals surface area (Å²) in [5, 5.41) is 2.97. The quantitative estimate of drug-likeness (QED) is 0.345. The average molecular weight is 440 g/mol. The molecule has 6 heteroatoms. The van der Waals surface area contributed by atoms with E-state index in [0.717, 1.165) is 11.1 Å². The fourth-order valence-electron chi connectivity index (χ4n) is 3.83. The van der Waals surface area contributed by atoms with Crippen LogP contribution in [0.1, 0.15) is 47.2 Å². The van der Waals surface area contributed by atoms with Crippen LogP contribution in [0.2, 0.25) is 0 Å². The van der Waals surface area contributed by atoms with Crippen LogP contribution in [0.25, 0.3) is 16.8 Å². The Bertz CT molecular complexity index is 1360. The highest BCUT2D eigenvalue weighted by atomic mass is 16.6. The van der Waals surface area contributed by atoms with Crippen LogP contribution in [-0.2, 0) is 10.2 Å². The SMILES string of the molecule is CC(C)(C)c1ccc(-c2ccccc2C(=O)Nc2ccc3nc(C(=O)C4CO4)cn3c2)cc1. The number of nitrogens with zero attached hydrogens (tertiary/aromatic N) is 2. The van der Waals surface area contributed by atoms with Gasteiger partial charge in [0.25, 0.3) is 5.91 Å². The van der Waals surface area contributed by atoms with E-state index in [1.807, 2.05) is 24.3 Å². The van der Waals surface area contributed by atoms with Crippen LogP contribution < -0.4 is 5.32 Å². The molecule has 1 aliphatic rings. The van der Waals surface area contributed by atoms with Gasteiger partial charge in [0, 0.05) is 18.0 Å². The summed E-state index contributed by atoms with van der Waals surface area (Å²) in [4.78, 5) is 29.7. The molecule has 0 saturated carbocycles.